The van der Waals surface area contributed by atoms with Crippen molar-refractivity contribution in [1.29, 1.82) is 0 Å². The SMILES string of the molecule is [CH2+]CCNC(=O)c1ccc(C(CCC(C)(C)C)N2C(=O)C(c3cccc(F)c3)=NC23CCC(C(C)(C)CC)CC3)cc1. The Kier molecular flexibility index (Phi) is 9.54. The van der Waals surface area contributed by atoms with Gasteiger partial charge < -0.3 is 10.2 Å². The van der Waals surface area contributed by atoms with E-state index >= 15 is 0 Å². The van der Waals surface area contributed by atoms with E-state index in [4.69, 9.17) is 4.99 Å². The first-order valence-electron chi connectivity index (χ1n) is 15.7. The van der Waals surface area contributed by atoms with E-state index in [1.54, 1.807) is 12.1 Å². The highest BCUT2D eigenvalue weighted by Gasteiger charge is 2.53. The summed E-state index contributed by atoms with van der Waals surface area (Å²) in [7, 11) is 0. The number of carbonyl (C=O) groups is 2. The lowest BCUT2D eigenvalue weighted by molar-refractivity contribution is -0.134. The van der Waals surface area contributed by atoms with Gasteiger partial charge in [0.15, 0.2) is 0 Å². The number of nitrogens with one attached hydrogen (secondary N) is 1. The highest BCUT2D eigenvalue weighted by atomic mass is 19.1. The van der Waals surface area contributed by atoms with Gasteiger partial charge in [-0.25, -0.2) is 4.39 Å². The van der Waals surface area contributed by atoms with Crippen LogP contribution >= 0.6 is 0 Å². The Hall–Kier alpha value is -3.15. The monoisotopic (exact) mass is 574 g/mol. The lowest BCUT2D eigenvalue weighted by Crippen LogP contribution is -2.51. The first-order valence-corrected chi connectivity index (χ1v) is 15.7. The van der Waals surface area contributed by atoms with E-state index in [0.717, 1.165) is 50.5 Å². The Morgan fingerprint density at radius 1 is 1.12 bits per heavy atom. The molecule has 5 nitrogen and oxygen atoms in total. The average Bonchev–Trinajstić information content (AvgIpc) is 3.23. The average molecular weight is 575 g/mol. The summed E-state index contributed by atoms with van der Waals surface area (Å²) >= 11 is 0. The maximum atomic E-state index is 14.5. The molecule has 6 heteroatoms. The standard InChI is InChI=1S/C36H48FN3O2/c1-8-23-38-32(41)26-15-13-25(14-16-26)30(19-20-34(3,4)5)40-33(42)31(27-11-10-12-29(37)24-27)39-36(40)21-17-28(18-22-36)35(6,7)9-2/h10-16,24,28,30H,1,8-9,17-23H2,2-7H3/p+1. The van der Waals surface area contributed by atoms with Crippen LogP contribution in [0.2, 0.25) is 0 Å². The molecule has 2 amide bonds. The van der Waals surface area contributed by atoms with Gasteiger partial charge in [0.1, 0.15) is 23.6 Å². The minimum Gasteiger partial charge on any atom is -0.348 e. The third-order valence-corrected chi connectivity index (χ3v) is 9.59. The van der Waals surface area contributed by atoms with E-state index in [-0.39, 0.29) is 34.5 Å². The first-order chi connectivity index (χ1) is 19.8. The molecule has 0 aromatic heterocycles. The Bertz CT molecular complexity index is 1280. The highest BCUT2D eigenvalue weighted by molar-refractivity contribution is 6.46. The van der Waals surface area contributed by atoms with Crippen LogP contribution in [0, 0.1) is 29.5 Å². The van der Waals surface area contributed by atoms with E-state index in [0.29, 0.717) is 35.7 Å². The molecule has 1 atom stereocenters. The Morgan fingerprint density at radius 2 is 1.79 bits per heavy atom. The van der Waals surface area contributed by atoms with Crippen molar-refractivity contribution in [3.8, 4) is 0 Å². The van der Waals surface area contributed by atoms with E-state index in [1.165, 1.54) is 12.1 Å². The normalized spacial score (nSPS) is 21.9. The largest absolute Gasteiger partial charge is 0.348 e. The van der Waals surface area contributed by atoms with Crippen LogP contribution in [0.15, 0.2) is 53.5 Å². The number of benzene rings is 2. The van der Waals surface area contributed by atoms with Crippen LogP contribution in [-0.4, -0.2) is 34.6 Å². The second kappa shape index (κ2) is 12.6. The molecule has 1 spiro atoms. The molecular weight excluding hydrogens is 525 g/mol. The number of hydrogen-bond donors (Lipinski definition) is 1. The summed E-state index contributed by atoms with van der Waals surface area (Å²) < 4.78 is 14.3. The summed E-state index contributed by atoms with van der Waals surface area (Å²) in [6.45, 7) is 17.9. The maximum Gasteiger partial charge on any atom is 0.275 e. The topological polar surface area (TPSA) is 61.8 Å². The van der Waals surface area contributed by atoms with Crippen LogP contribution in [0.25, 0.3) is 0 Å². The molecule has 0 bridgehead atoms. The number of hydrogen-bond acceptors (Lipinski definition) is 3. The lowest BCUT2D eigenvalue weighted by atomic mass is 9.67. The molecule has 1 aliphatic heterocycles. The molecule has 226 valence electrons. The molecule has 1 N–H and O–H groups in total. The molecule has 2 aromatic rings. The van der Waals surface area contributed by atoms with Gasteiger partial charge in [-0.1, -0.05) is 72.2 Å². The van der Waals surface area contributed by atoms with Crippen molar-refractivity contribution < 1.29 is 14.0 Å². The van der Waals surface area contributed by atoms with Crippen LogP contribution in [0.5, 0.6) is 0 Å². The molecule has 0 saturated heterocycles. The fraction of sp³-hybridized carbons (Fsp3) is 0.556. The van der Waals surface area contributed by atoms with Crippen LogP contribution in [-0.2, 0) is 4.79 Å². The number of amides is 2. The Balaban J connectivity index is 1.76. The van der Waals surface area contributed by atoms with Crippen molar-refractivity contribution in [3.63, 3.8) is 0 Å². The molecule has 1 fully saturated rings. The van der Waals surface area contributed by atoms with Crippen molar-refractivity contribution >= 4 is 17.5 Å². The van der Waals surface area contributed by atoms with Gasteiger partial charge in [-0.3, -0.25) is 14.6 Å². The van der Waals surface area contributed by atoms with Gasteiger partial charge in [-0.15, -0.1) is 0 Å². The van der Waals surface area contributed by atoms with Crippen molar-refractivity contribution in [1.82, 2.24) is 10.2 Å². The summed E-state index contributed by atoms with van der Waals surface area (Å²) in [6, 6.07) is 13.7. The van der Waals surface area contributed by atoms with Gasteiger partial charge in [0.2, 0.25) is 0 Å². The summed E-state index contributed by atoms with van der Waals surface area (Å²) in [6.07, 6.45) is 6.94. The first kappa shape index (κ1) is 31.8. The van der Waals surface area contributed by atoms with E-state index in [9.17, 15) is 14.0 Å². The number of aliphatic imine (C=N–C) groups is 1. The third-order valence-electron chi connectivity index (χ3n) is 9.59. The second-order valence-electron chi connectivity index (χ2n) is 14.1. The van der Waals surface area contributed by atoms with E-state index in [1.807, 2.05) is 29.2 Å². The fourth-order valence-electron chi connectivity index (χ4n) is 6.55. The number of carbonyl (C=O) groups excluding carboxylic acids is 2. The quantitative estimate of drug-likeness (QED) is 0.290. The van der Waals surface area contributed by atoms with Crippen LogP contribution in [0.3, 0.4) is 0 Å². The second-order valence-corrected chi connectivity index (χ2v) is 14.1. The smallest absolute Gasteiger partial charge is 0.275 e. The zero-order valence-corrected chi connectivity index (χ0v) is 26.4. The van der Waals surface area contributed by atoms with Crippen LogP contribution in [0.1, 0.15) is 120 Å². The molecule has 0 radical (unpaired) electrons. The Morgan fingerprint density at radius 3 is 2.36 bits per heavy atom. The zero-order valence-electron chi connectivity index (χ0n) is 26.4. The van der Waals surface area contributed by atoms with Gasteiger partial charge in [0.25, 0.3) is 11.8 Å². The van der Waals surface area contributed by atoms with Gasteiger partial charge in [0.05, 0.1) is 19.5 Å². The van der Waals surface area contributed by atoms with Crippen molar-refractivity contribution in [3.05, 3.63) is 78.0 Å². The predicted molar refractivity (Wildman–Crippen MR) is 169 cm³/mol. The summed E-state index contributed by atoms with van der Waals surface area (Å²) in [5, 5.41) is 2.89. The maximum absolute atomic E-state index is 14.5. The van der Waals surface area contributed by atoms with Crippen LogP contribution in [0.4, 0.5) is 4.39 Å². The molecule has 1 aliphatic carbocycles. The minimum absolute atomic E-state index is 0.0667. The lowest BCUT2D eigenvalue weighted by Gasteiger charge is -2.48. The molecule has 2 aliphatic rings. The summed E-state index contributed by atoms with van der Waals surface area (Å²) in [5.41, 5.74) is 2.08. The third kappa shape index (κ3) is 6.90. The van der Waals surface area contributed by atoms with Crippen molar-refractivity contribution in [2.24, 2.45) is 21.7 Å². The van der Waals surface area contributed by atoms with Crippen molar-refractivity contribution in [2.45, 2.75) is 105 Å². The van der Waals surface area contributed by atoms with Gasteiger partial charge in [-0.2, -0.15) is 0 Å². The number of halogens is 1. The van der Waals surface area contributed by atoms with Crippen molar-refractivity contribution in [2.75, 3.05) is 6.54 Å². The highest BCUT2D eigenvalue weighted by Crippen LogP contribution is 2.51. The molecule has 1 heterocycles. The van der Waals surface area contributed by atoms with E-state index < -0.39 is 5.66 Å². The molecule has 42 heavy (non-hydrogen) atoms. The summed E-state index contributed by atoms with van der Waals surface area (Å²) in [4.78, 5) is 34.3. The van der Waals surface area contributed by atoms with Gasteiger partial charge in [0, 0.05) is 11.1 Å². The van der Waals surface area contributed by atoms with Gasteiger partial charge >= 0.3 is 0 Å². The van der Waals surface area contributed by atoms with E-state index in [2.05, 4.69) is 53.8 Å². The molecule has 4 rings (SSSR count). The van der Waals surface area contributed by atoms with Gasteiger partial charge in [-0.05, 0) is 85.1 Å². The fourth-order valence-corrected chi connectivity index (χ4v) is 6.55. The molecule has 1 saturated carbocycles. The molecule has 1 unspecified atom stereocenters. The summed E-state index contributed by atoms with van der Waals surface area (Å²) in [5.74, 6) is -0.0766. The zero-order chi connectivity index (χ0) is 30.7. The minimum atomic E-state index is -0.675. The number of nitrogens with zero attached hydrogens (tertiary/aromatic N) is 2. The molecule has 2 aromatic carbocycles. The van der Waals surface area contributed by atoms with Crippen LogP contribution < -0.4 is 5.32 Å². The molecular formula is C36H49FN3O2+. The Labute approximate surface area is 252 Å². The number of rotatable bonds is 10. The predicted octanol–water partition coefficient (Wildman–Crippen LogP) is 8.30.